The van der Waals surface area contributed by atoms with Gasteiger partial charge in [0.25, 0.3) is 11.8 Å². The first-order valence-electron chi connectivity index (χ1n) is 8.19. The molecule has 9 heteroatoms. The Bertz CT molecular complexity index is 762. The predicted molar refractivity (Wildman–Crippen MR) is 88.6 cm³/mol. The molecular weight excluding hydrogens is 324 g/mol. The topological polar surface area (TPSA) is 113 Å². The number of carbonyl (C=O) groups excluding carboxylic acids is 2. The quantitative estimate of drug-likeness (QED) is 0.684. The molecule has 2 amide bonds. The fraction of sp³-hybridized carbons (Fsp3) is 0.438. The Morgan fingerprint density at radius 3 is 2.80 bits per heavy atom. The van der Waals surface area contributed by atoms with E-state index in [1.165, 1.54) is 9.70 Å². The Morgan fingerprint density at radius 1 is 1.36 bits per heavy atom. The van der Waals surface area contributed by atoms with Gasteiger partial charge in [-0.25, -0.2) is 0 Å². The van der Waals surface area contributed by atoms with Crippen molar-refractivity contribution in [2.75, 3.05) is 18.0 Å². The number of aryl methyl sites for hydroxylation is 1. The van der Waals surface area contributed by atoms with Gasteiger partial charge in [-0.05, 0) is 17.3 Å². The Morgan fingerprint density at radius 2 is 2.12 bits per heavy atom. The van der Waals surface area contributed by atoms with E-state index in [9.17, 15) is 14.7 Å². The van der Waals surface area contributed by atoms with Gasteiger partial charge >= 0.3 is 0 Å². The summed E-state index contributed by atoms with van der Waals surface area (Å²) in [4.78, 5) is 27.6. The van der Waals surface area contributed by atoms with Gasteiger partial charge < -0.3 is 15.3 Å². The maximum absolute atomic E-state index is 12.5. The number of nitrogens with zero attached hydrogens (tertiary/aromatic N) is 5. The smallest absolute Gasteiger partial charge is 0.268 e. The van der Waals surface area contributed by atoms with E-state index in [0.29, 0.717) is 24.5 Å². The van der Waals surface area contributed by atoms with Gasteiger partial charge in [0.2, 0.25) is 5.60 Å². The molecule has 1 atom stereocenters. The lowest BCUT2D eigenvalue weighted by Crippen LogP contribution is -2.53. The summed E-state index contributed by atoms with van der Waals surface area (Å²) in [6.45, 7) is 2.71. The van der Waals surface area contributed by atoms with Crippen molar-refractivity contribution < 1.29 is 14.7 Å². The molecule has 9 nitrogen and oxygen atoms in total. The van der Waals surface area contributed by atoms with Crippen LogP contribution >= 0.6 is 0 Å². The molecule has 1 aliphatic heterocycles. The molecular formula is C16H20N6O3. The lowest BCUT2D eigenvalue weighted by atomic mass is 10.0. The van der Waals surface area contributed by atoms with E-state index < -0.39 is 17.4 Å². The largest absolute Gasteiger partial charge is 0.372 e. The number of para-hydroxylation sites is 1. The van der Waals surface area contributed by atoms with Crippen LogP contribution in [0.3, 0.4) is 0 Å². The van der Waals surface area contributed by atoms with E-state index in [2.05, 4.69) is 20.7 Å². The monoisotopic (exact) mass is 344 g/mol. The molecule has 0 unspecified atom stereocenters. The SMILES string of the molecule is CCc1nnn(CCNC(=O)[C@@]2(O)CCN(c3ccccc3)C2=O)n1. The van der Waals surface area contributed by atoms with Crippen LogP contribution in [0.2, 0.25) is 0 Å². The third kappa shape index (κ3) is 3.36. The van der Waals surface area contributed by atoms with Gasteiger partial charge in [0.15, 0.2) is 5.82 Å². The van der Waals surface area contributed by atoms with Gasteiger partial charge in [-0.2, -0.15) is 4.80 Å². The minimum absolute atomic E-state index is 0.0497. The van der Waals surface area contributed by atoms with Crippen molar-refractivity contribution in [2.45, 2.75) is 31.9 Å². The lowest BCUT2D eigenvalue weighted by Gasteiger charge is -2.21. The molecule has 2 aromatic rings. The minimum atomic E-state index is -2.04. The third-order valence-electron chi connectivity index (χ3n) is 4.15. The summed E-state index contributed by atoms with van der Waals surface area (Å²) in [7, 11) is 0. The van der Waals surface area contributed by atoms with Gasteiger partial charge in [0.05, 0.1) is 6.54 Å². The summed E-state index contributed by atoms with van der Waals surface area (Å²) in [6, 6.07) is 8.98. The first-order chi connectivity index (χ1) is 12.0. The van der Waals surface area contributed by atoms with Crippen LogP contribution in [0.25, 0.3) is 0 Å². The molecule has 2 heterocycles. The van der Waals surface area contributed by atoms with E-state index >= 15 is 0 Å². The molecule has 3 rings (SSSR count). The molecule has 1 fully saturated rings. The first kappa shape index (κ1) is 17.0. The summed E-state index contributed by atoms with van der Waals surface area (Å²) < 4.78 is 0. The number of benzene rings is 1. The number of rotatable bonds is 6. The Labute approximate surface area is 144 Å². The van der Waals surface area contributed by atoms with Crippen molar-refractivity contribution in [2.24, 2.45) is 0 Å². The summed E-state index contributed by atoms with van der Waals surface area (Å²) >= 11 is 0. The lowest BCUT2D eigenvalue weighted by molar-refractivity contribution is -0.149. The average molecular weight is 344 g/mol. The van der Waals surface area contributed by atoms with Crippen molar-refractivity contribution in [3.05, 3.63) is 36.2 Å². The number of anilines is 1. The second-order valence-electron chi connectivity index (χ2n) is 5.81. The van der Waals surface area contributed by atoms with Crippen molar-refractivity contribution in [3.63, 3.8) is 0 Å². The normalized spacial score (nSPS) is 20.1. The molecule has 0 saturated carbocycles. The van der Waals surface area contributed by atoms with Gasteiger partial charge in [-0.3, -0.25) is 9.59 Å². The van der Waals surface area contributed by atoms with Gasteiger partial charge in [0, 0.05) is 31.6 Å². The van der Waals surface area contributed by atoms with Crippen LogP contribution in [0.1, 0.15) is 19.2 Å². The highest BCUT2D eigenvalue weighted by molar-refractivity contribution is 6.16. The maximum Gasteiger partial charge on any atom is 0.268 e. The molecule has 0 aliphatic carbocycles. The molecule has 132 valence electrons. The second kappa shape index (κ2) is 6.98. The molecule has 1 aromatic carbocycles. The number of carbonyl (C=O) groups is 2. The number of amides is 2. The molecule has 1 saturated heterocycles. The van der Waals surface area contributed by atoms with E-state index in [4.69, 9.17) is 0 Å². The number of tetrazole rings is 1. The zero-order chi connectivity index (χ0) is 17.9. The fourth-order valence-electron chi connectivity index (χ4n) is 2.70. The van der Waals surface area contributed by atoms with Crippen LogP contribution in [0, 0.1) is 0 Å². The second-order valence-corrected chi connectivity index (χ2v) is 5.81. The van der Waals surface area contributed by atoms with E-state index in [0.717, 1.165) is 0 Å². The van der Waals surface area contributed by atoms with Crippen molar-refractivity contribution >= 4 is 17.5 Å². The van der Waals surface area contributed by atoms with Crippen LogP contribution in [0.4, 0.5) is 5.69 Å². The van der Waals surface area contributed by atoms with Crippen LogP contribution in [-0.4, -0.2) is 55.8 Å². The minimum Gasteiger partial charge on any atom is -0.372 e. The standard InChI is InChI=1S/C16H20N6O3/c1-2-13-18-20-22(19-13)11-9-17-14(23)16(25)8-10-21(15(16)24)12-6-4-3-5-7-12/h3-7,25H,2,8-11H2,1H3,(H,17,23)/t16-/m0/s1. The highest BCUT2D eigenvalue weighted by Gasteiger charge is 2.51. The van der Waals surface area contributed by atoms with Gasteiger partial charge in [0.1, 0.15) is 0 Å². The average Bonchev–Trinajstić information content (AvgIpc) is 3.21. The van der Waals surface area contributed by atoms with Crippen LogP contribution < -0.4 is 10.2 Å². The van der Waals surface area contributed by atoms with Gasteiger partial charge in [-0.1, -0.05) is 25.1 Å². The molecule has 2 N–H and O–H groups in total. The predicted octanol–water partition coefficient (Wildman–Crippen LogP) is -0.480. The number of hydrogen-bond acceptors (Lipinski definition) is 6. The Balaban J connectivity index is 1.58. The van der Waals surface area contributed by atoms with E-state index in [1.54, 1.807) is 24.3 Å². The summed E-state index contributed by atoms with van der Waals surface area (Å²) in [5.41, 5.74) is -1.38. The van der Waals surface area contributed by atoms with Gasteiger partial charge in [-0.15, -0.1) is 10.2 Å². The summed E-state index contributed by atoms with van der Waals surface area (Å²) in [5, 5.41) is 24.9. The Kier molecular flexibility index (Phi) is 4.75. The van der Waals surface area contributed by atoms with Crippen molar-refractivity contribution in [3.8, 4) is 0 Å². The van der Waals surface area contributed by atoms with Crippen LogP contribution in [-0.2, 0) is 22.6 Å². The van der Waals surface area contributed by atoms with Crippen molar-refractivity contribution in [1.29, 1.82) is 0 Å². The molecule has 1 aliphatic rings. The van der Waals surface area contributed by atoms with Crippen molar-refractivity contribution in [1.82, 2.24) is 25.5 Å². The zero-order valence-electron chi connectivity index (χ0n) is 13.9. The van der Waals surface area contributed by atoms with E-state index in [1.807, 2.05) is 13.0 Å². The first-order valence-corrected chi connectivity index (χ1v) is 8.19. The molecule has 0 bridgehead atoms. The number of hydrogen-bond donors (Lipinski definition) is 2. The van der Waals surface area contributed by atoms with E-state index in [-0.39, 0.29) is 19.5 Å². The maximum atomic E-state index is 12.5. The van der Waals surface area contributed by atoms with Crippen LogP contribution in [0.5, 0.6) is 0 Å². The highest BCUT2D eigenvalue weighted by Crippen LogP contribution is 2.28. The fourth-order valence-corrected chi connectivity index (χ4v) is 2.70. The zero-order valence-corrected chi connectivity index (χ0v) is 13.9. The summed E-state index contributed by atoms with van der Waals surface area (Å²) in [6.07, 6.45) is 0.726. The number of aromatic nitrogens is 4. The Hall–Kier alpha value is -2.81. The number of nitrogens with one attached hydrogen (secondary N) is 1. The molecule has 0 radical (unpaired) electrons. The number of aliphatic hydroxyl groups is 1. The molecule has 25 heavy (non-hydrogen) atoms. The summed E-state index contributed by atoms with van der Waals surface area (Å²) in [5.74, 6) is -0.690. The molecule has 1 aromatic heterocycles. The highest BCUT2D eigenvalue weighted by atomic mass is 16.3. The van der Waals surface area contributed by atoms with Crippen LogP contribution in [0.15, 0.2) is 30.3 Å². The molecule has 0 spiro atoms. The third-order valence-corrected chi connectivity index (χ3v) is 4.15.